The lowest BCUT2D eigenvalue weighted by molar-refractivity contribution is 0.137. The molecule has 4 rings (SSSR count). The number of hydrogen-bond donors (Lipinski definition) is 2. The summed E-state index contributed by atoms with van der Waals surface area (Å²) in [6, 6.07) is 1.81. The largest absolute Gasteiger partial charge is 0.384 e. The third-order valence-corrected chi connectivity index (χ3v) is 5.07. The molecule has 0 spiro atoms. The van der Waals surface area contributed by atoms with Crippen molar-refractivity contribution in [2.45, 2.75) is 19.9 Å². The highest BCUT2D eigenvalue weighted by Gasteiger charge is 2.22. The lowest BCUT2D eigenvalue weighted by atomic mass is 10.2. The second kappa shape index (κ2) is 10.4. The number of aromatic nitrogens is 6. The van der Waals surface area contributed by atoms with Gasteiger partial charge in [0.2, 0.25) is 5.95 Å². The van der Waals surface area contributed by atoms with Gasteiger partial charge in [-0.1, -0.05) is 0 Å². The van der Waals surface area contributed by atoms with Crippen LogP contribution in [-0.2, 0) is 22.4 Å². The molecule has 1 fully saturated rings. The Morgan fingerprint density at radius 2 is 2.06 bits per heavy atom. The SMILES string of the molecule is CCOCCn1nc(CCOC)c2nc(N3CCNCC3)nc(Nc3ccncn3)c21. The molecular formula is C20H29N9O2. The van der Waals surface area contributed by atoms with Gasteiger partial charge in [0.25, 0.3) is 0 Å². The van der Waals surface area contributed by atoms with E-state index in [2.05, 4.69) is 25.5 Å². The Morgan fingerprint density at radius 3 is 2.81 bits per heavy atom. The number of rotatable bonds is 10. The second-order valence-electron chi connectivity index (χ2n) is 7.14. The Bertz CT molecular complexity index is 974. The maximum Gasteiger partial charge on any atom is 0.228 e. The van der Waals surface area contributed by atoms with Crippen LogP contribution < -0.4 is 15.5 Å². The van der Waals surface area contributed by atoms with Crippen molar-refractivity contribution in [1.29, 1.82) is 0 Å². The molecule has 0 amide bonds. The highest BCUT2D eigenvalue weighted by atomic mass is 16.5. The molecule has 0 radical (unpaired) electrons. The molecule has 3 aromatic rings. The Kier molecular flexibility index (Phi) is 7.18. The summed E-state index contributed by atoms with van der Waals surface area (Å²) in [5.74, 6) is 2.02. The molecule has 0 bridgehead atoms. The fraction of sp³-hybridized carbons (Fsp3) is 0.550. The van der Waals surface area contributed by atoms with Gasteiger partial charge in [0.15, 0.2) is 5.82 Å². The summed E-state index contributed by atoms with van der Waals surface area (Å²) < 4.78 is 12.8. The third kappa shape index (κ3) is 5.06. The van der Waals surface area contributed by atoms with Crippen molar-refractivity contribution >= 4 is 28.6 Å². The molecule has 11 nitrogen and oxygen atoms in total. The predicted octanol–water partition coefficient (Wildman–Crippen LogP) is 0.995. The topological polar surface area (TPSA) is 115 Å². The average Bonchev–Trinajstić information content (AvgIpc) is 3.17. The van der Waals surface area contributed by atoms with Crippen molar-refractivity contribution in [2.24, 2.45) is 0 Å². The maximum absolute atomic E-state index is 5.57. The van der Waals surface area contributed by atoms with Crippen LogP contribution >= 0.6 is 0 Å². The van der Waals surface area contributed by atoms with Gasteiger partial charge in [-0.15, -0.1) is 0 Å². The summed E-state index contributed by atoms with van der Waals surface area (Å²) in [5, 5.41) is 11.6. The molecule has 0 aromatic carbocycles. The fourth-order valence-corrected chi connectivity index (χ4v) is 3.54. The van der Waals surface area contributed by atoms with Crippen LogP contribution in [0.25, 0.3) is 11.0 Å². The molecule has 0 atom stereocenters. The number of hydrogen-bond acceptors (Lipinski definition) is 10. The second-order valence-corrected chi connectivity index (χ2v) is 7.14. The number of nitrogens with zero attached hydrogens (tertiary/aromatic N) is 7. The summed E-state index contributed by atoms with van der Waals surface area (Å²) in [7, 11) is 1.69. The van der Waals surface area contributed by atoms with E-state index in [4.69, 9.17) is 24.5 Å². The molecular weight excluding hydrogens is 398 g/mol. The number of ether oxygens (including phenoxy) is 2. The first-order valence-corrected chi connectivity index (χ1v) is 10.6. The van der Waals surface area contributed by atoms with E-state index in [1.807, 2.05) is 17.7 Å². The van der Waals surface area contributed by atoms with Crippen molar-refractivity contribution in [3.8, 4) is 0 Å². The van der Waals surface area contributed by atoms with E-state index in [1.54, 1.807) is 13.3 Å². The minimum Gasteiger partial charge on any atom is -0.384 e. The first-order chi connectivity index (χ1) is 15.3. The van der Waals surface area contributed by atoms with Gasteiger partial charge in [0.1, 0.15) is 23.2 Å². The van der Waals surface area contributed by atoms with Crippen LogP contribution in [0.5, 0.6) is 0 Å². The van der Waals surface area contributed by atoms with E-state index in [-0.39, 0.29) is 0 Å². The van der Waals surface area contributed by atoms with E-state index in [1.165, 1.54) is 6.33 Å². The number of nitrogens with one attached hydrogen (secondary N) is 2. The maximum atomic E-state index is 5.57. The zero-order valence-electron chi connectivity index (χ0n) is 18.0. The lowest BCUT2D eigenvalue weighted by Gasteiger charge is -2.27. The molecule has 0 unspecified atom stereocenters. The van der Waals surface area contributed by atoms with E-state index in [0.717, 1.165) is 42.9 Å². The molecule has 2 N–H and O–H groups in total. The van der Waals surface area contributed by atoms with Gasteiger partial charge in [-0.05, 0) is 13.0 Å². The molecule has 4 heterocycles. The molecule has 166 valence electrons. The normalized spacial score (nSPS) is 14.3. The standard InChI is InChI=1S/C20H29N9O2/c1-3-31-13-11-29-18-17(15(27-29)5-12-30-2)25-20(28-9-7-21-8-10-28)26-19(18)24-16-4-6-22-14-23-16/h4,6,14,21H,3,5,7-13H2,1-2H3,(H,22,23,24,25,26). The van der Waals surface area contributed by atoms with Crippen LogP contribution in [0.3, 0.4) is 0 Å². The number of fused-ring (bicyclic) bond motifs is 1. The van der Waals surface area contributed by atoms with Crippen LogP contribution in [0.15, 0.2) is 18.6 Å². The molecule has 11 heteroatoms. The zero-order chi connectivity index (χ0) is 21.5. The van der Waals surface area contributed by atoms with Crippen LogP contribution in [0, 0.1) is 0 Å². The van der Waals surface area contributed by atoms with Crippen molar-refractivity contribution in [3.05, 3.63) is 24.3 Å². The zero-order valence-corrected chi connectivity index (χ0v) is 18.0. The van der Waals surface area contributed by atoms with Crippen molar-refractivity contribution < 1.29 is 9.47 Å². The monoisotopic (exact) mass is 427 g/mol. The summed E-state index contributed by atoms with van der Waals surface area (Å²) >= 11 is 0. The minimum absolute atomic E-state index is 0.559. The molecule has 0 saturated carbocycles. The predicted molar refractivity (Wildman–Crippen MR) is 118 cm³/mol. The first kappa shape index (κ1) is 21.3. The van der Waals surface area contributed by atoms with Crippen LogP contribution in [0.1, 0.15) is 12.6 Å². The average molecular weight is 428 g/mol. The Balaban J connectivity index is 1.81. The van der Waals surface area contributed by atoms with Gasteiger partial charge in [0.05, 0.1) is 25.5 Å². The van der Waals surface area contributed by atoms with E-state index >= 15 is 0 Å². The first-order valence-electron chi connectivity index (χ1n) is 10.6. The van der Waals surface area contributed by atoms with Crippen molar-refractivity contribution in [1.82, 2.24) is 35.0 Å². The molecule has 1 aliphatic rings. The van der Waals surface area contributed by atoms with Gasteiger partial charge in [-0.25, -0.2) is 15.0 Å². The third-order valence-electron chi connectivity index (χ3n) is 5.07. The summed E-state index contributed by atoms with van der Waals surface area (Å²) in [6.07, 6.45) is 3.87. The highest BCUT2D eigenvalue weighted by molar-refractivity contribution is 5.90. The van der Waals surface area contributed by atoms with Gasteiger partial charge >= 0.3 is 0 Å². The molecule has 3 aromatic heterocycles. The van der Waals surface area contributed by atoms with E-state index < -0.39 is 0 Å². The minimum atomic E-state index is 0.559. The molecule has 31 heavy (non-hydrogen) atoms. The summed E-state index contributed by atoms with van der Waals surface area (Å²) in [4.78, 5) is 20.3. The Morgan fingerprint density at radius 1 is 1.19 bits per heavy atom. The lowest BCUT2D eigenvalue weighted by Crippen LogP contribution is -2.44. The number of piperazine rings is 1. The smallest absolute Gasteiger partial charge is 0.228 e. The summed E-state index contributed by atoms with van der Waals surface area (Å²) in [6.45, 7) is 7.88. The summed E-state index contributed by atoms with van der Waals surface area (Å²) in [5.41, 5.74) is 2.55. The van der Waals surface area contributed by atoms with Gasteiger partial charge < -0.3 is 25.0 Å². The van der Waals surface area contributed by atoms with Gasteiger partial charge in [-0.2, -0.15) is 10.1 Å². The Labute approximate surface area is 181 Å². The van der Waals surface area contributed by atoms with Gasteiger partial charge in [-0.3, -0.25) is 4.68 Å². The van der Waals surface area contributed by atoms with Crippen molar-refractivity contribution in [2.75, 3.05) is 63.3 Å². The number of methoxy groups -OCH3 is 1. The fourth-order valence-electron chi connectivity index (χ4n) is 3.54. The molecule has 1 saturated heterocycles. The van der Waals surface area contributed by atoms with Gasteiger partial charge in [0, 0.05) is 52.5 Å². The van der Waals surface area contributed by atoms with Crippen LogP contribution in [0.2, 0.25) is 0 Å². The van der Waals surface area contributed by atoms with E-state index in [0.29, 0.717) is 50.4 Å². The quantitative estimate of drug-likeness (QED) is 0.454. The van der Waals surface area contributed by atoms with Crippen LogP contribution in [0.4, 0.5) is 17.6 Å². The Hall–Kier alpha value is -2.89. The van der Waals surface area contributed by atoms with E-state index in [9.17, 15) is 0 Å². The van der Waals surface area contributed by atoms with Crippen LogP contribution in [-0.4, -0.2) is 82.8 Å². The molecule has 0 aliphatic carbocycles. The highest BCUT2D eigenvalue weighted by Crippen LogP contribution is 2.28. The molecule has 1 aliphatic heterocycles. The number of anilines is 3. The van der Waals surface area contributed by atoms with Crippen molar-refractivity contribution in [3.63, 3.8) is 0 Å².